The topological polar surface area (TPSA) is 87.9 Å². The van der Waals surface area contributed by atoms with Crippen molar-refractivity contribution in [2.75, 3.05) is 13.2 Å². The molecule has 0 N–H and O–H groups in total. The van der Waals surface area contributed by atoms with E-state index < -0.39 is 132 Å². The molecule has 55 heavy (non-hydrogen) atoms. The van der Waals surface area contributed by atoms with E-state index in [1.165, 1.54) is 26.8 Å². The van der Waals surface area contributed by atoms with Gasteiger partial charge in [0.25, 0.3) is 5.69 Å². The maximum atomic E-state index is 14.0. The summed E-state index contributed by atoms with van der Waals surface area (Å²) >= 11 is 0. The molecule has 0 radical (unpaired) electrons. The fraction of sp³-hybridized carbons (Fsp3) is 0.700. The highest BCUT2D eigenvalue weighted by molar-refractivity contribution is 5.70. The molecule has 318 valence electrons. The third-order valence-electron chi connectivity index (χ3n) is 7.37. The molecule has 1 aromatic rings. The van der Waals surface area contributed by atoms with Gasteiger partial charge in [-0.1, -0.05) is 26.8 Å². The average molecular weight is 844 g/mol. The van der Waals surface area contributed by atoms with Crippen LogP contribution in [0.1, 0.15) is 71.0 Å². The van der Waals surface area contributed by atoms with Crippen LogP contribution in [0.2, 0.25) is 0 Å². The van der Waals surface area contributed by atoms with E-state index >= 15 is 0 Å². The van der Waals surface area contributed by atoms with Crippen LogP contribution in [-0.4, -0.2) is 72.0 Å². The van der Waals surface area contributed by atoms with Crippen LogP contribution < -0.4 is 9.47 Å². The Morgan fingerprint density at radius 1 is 0.709 bits per heavy atom. The van der Waals surface area contributed by atoms with E-state index in [-0.39, 0.29) is 12.8 Å². The lowest BCUT2D eigenvalue weighted by Gasteiger charge is -2.33. The highest BCUT2D eigenvalue weighted by atomic mass is 19.4. The number of hydrogen-bond donors (Lipinski definition) is 0. The molecule has 7 nitrogen and oxygen atoms in total. The maximum absolute atomic E-state index is 14.0. The van der Waals surface area contributed by atoms with Gasteiger partial charge in [-0.2, -0.15) is 79.0 Å². The zero-order valence-corrected chi connectivity index (χ0v) is 28.4. The molecule has 0 fully saturated rings. The first-order valence-corrected chi connectivity index (χ1v) is 15.2. The van der Waals surface area contributed by atoms with Crippen molar-refractivity contribution < 1.29 is 103 Å². The molecule has 0 spiro atoms. The third kappa shape index (κ3) is 10.7. The van der Waals surface area contributed by atoms with Gasteiger partial charge in [0.1, 0.15) is 6.10 Å². The van der Waals surface area contributed by atoms with E-state index in [1.54, 1.807) is 0 Å². The largest absolute Gasteiger partial charge is 0.490 e. The van der Waals surface area contributed by atoms with Gasteiger partial charge < -0.3 is 14.2 Å². The number of halogens is 18. The molecule has 1 aromatic carbocycles. The molecule has 0 aromatic heterocycles. The van der Waals surface area contributed by atoms with Crippen molar-refractivity contribution >= 4 is 11.7 Å². The fourth-order valence-corrected chi connectivity index (χ4v) is 4.36. The second-order valence-corrected chi connectivity index (χ2v) is 12.8. The zero-order valence-electron chi connectivity index (χ0n) is 28.4. The molecule has 0 aliphatic rings. The van der Waals surface area contributed by atoms with Gasteiger partial charge in [-0.3, -0.25) is 14.9 Å². The number of nitro benzene ring substituents is 1. The van der Waals surface area contributed by atoms with Gasteiger partial charge in [0.2, 0.25) is 0 Å². The number of carbonyl (C=O) groups is 1. The van der Waals surface area contributed by atoms with E-state index in [9.17, 15) is 93.9 Å². The van der Waals surface area contributed by atoms with E-state index in [2.05, 4.69) is 6.58 Å². The molecule has 1 rings (SSSR count). The van der Waals surface area contributed by atoms with Crippen LogP contribution in [0.15, 0.2) is 24.8 Å². The predicted octanol–water partition coefficient (Wildman–Crippen LogP) is 11.4. The number of hydrogen-bond acceptors (Lipinski definition) is 6. The van der Waals surface area contributed by atoms with Gasteiger partial charge in [-0.05, 0) is 25.3 Å². The fourth-order valence-electron chi connectivity index (χ4n) is 4.36. The standard InChI is InChI=1S/C30H31F18NO6/c1-5-6-9-20(50)55-21(22(2,3)4)16-14-18(53-12-7-10-23(31,32)25(35,36)27(39,40)29(43,44)45)19(15-17(16)49(51)52)54-13-8-11-24(33,34)26(37,38)28(41,42)30(46,47)48/h5,14-15,21H,1,6-13H2,2-4H3. The Morgan fingerprint density at radius 3 is 1.42 bits per heavy atom. The summed E-state index contributed by atoms with van der Waals surface area (Å²) in [4.78, 5) is 23.3. The summed E-state index contributed by atoms with van der Waals surface area (Å²) in [6.45, 7) is 4.77. The van der Waals surface area contributed by atoms with E-state index in [0.717, 1.165) is 0 Å². The number of allylic oxidation sites excluding steroid dienone is 1. The van der Waals surface area contributed by atoms with Crippen molar-refractivity contribution in [3.63, 3.8) is 0 Å². The zero-order chi connectivity index (χ0) is 43.4. The number of nitrogens with zero attached hydrogens (tertiary/aromatic N) is 1. The minimum atomic E-state index is -7.23. The molecule has 0 aliphatic heterocycles. The van der Waals surface area contributed by atoms with Gasteiger partial charge in [0.15, 0.2) is 11.5 Å². The molecule has 0 saturated heterocycles. The minimum Gasteiger partial charge on any atom is -0.490 e. The molecule has 0 aliphatic carbocycles. The quantitative estimate of drug-likeness (QED) is 0.0324. The smallest absolute Gasteiger partial charge is 0.460 e. The second-order valence-electron chi connectivity index (χ2n) is 12.8. The van der Waals surface area contributed by atoms with Crippen molar-refractivity contribution in [2.45, 2.75) is 113 Å². The molecular formula is C30H31F18NO6. The number of carbonyl (C=O) groups excluding carboxylic acids is 1. The summed E-state index contributed by atoms with van der Waals surface area (Å²) in [6.07, 6.45) is -22.8. The summed E-state index contributed by atoms with van der Waals surface area (Å²) in [5, 5.41) is 12.1. The lowest BCUT2D eigenvalue weighted by molar-refractivity contribution is -0.396. The van der Waals surface area contributed by atoms with E-state index in [4.69, 9.17) is 14.2 Å². The Balaban J connectivity index is 3.60. The van der Waals surface area contributed by atoms with Gasteiger partial charge in [0.05, 0.1) is 29.8 Å². The predicted molar refractivity (Wildman–Crippen MR) is 152 cm³/mol. The maximum Gasteiger partial charge on any atom is 0.460 e. The van der Waals surface area contributed by atoms with Crippen LogP contribution >= 0.6 is 0 Å². The minimum absolute atomic E-state index is 0.0380. The van der Waals surface area contributed by atoms with Crippen molar-refractivity contribution in [1.82, 2.24) is 0 Å². The van der Waals surface area contributed by atoms with Crippen molar-refractivity contribution in [1.29, 1.82) is 0 Å². The first-order chi connectivity index (χ1) is 24.4. The molecule has 1 unspecified atom stereocenters. The number of rotatable bonds is 20. The Hall–Kier alpha value is -3.83. The Labute approximate surface area is 299 Å². The Morgan fingerprint density at radius 2 is 1.09 bits per heavy atom. The SMILES string of the molecule is C=CCCC(=O)OC(c1cc(OCCCC(F)(F)C(F)(F)C(F)(F)C(F)(F)F)c(OCCCC(F)(F)C(F)(F)C(F)(F)C(F)(F)F)cc1[N+](=O)[O-])C(C)(C)C. The third-order valence-corrected chi connectivity index (χ3v) is 7.37. The summed E-state index contributed by atoms with van der Waals surface area (Å²) in [6, 6.07) is 0.958. The lowest BCUT2D eigenvalue weighted by Crippen LogP contribution is -2.60. The highest BCUT2D eigenvalue weighted by Gasteiger charge is 2.82. The van der Waals surface area contributed by atoms with Crippen LogP contribution in [0.5, 0.6) is 11.5 Å². The number of benzene rings is 1. The van der Waals surface area contributed by atoms with Crippen LogP contribution in [0.4, 0.5) is 84.7 Å². The lowest BCUT2D eigenvalue weighted by atomic mass is 9.83. The molecular weight excluding hydrogens is 812 g/mol. The van der Waals surface area contributed by atoms with Crippen molar-refractivity contribution in [3.8, 4) is 11.5 Å². The number of alkyl halides is 18. The van der Waals surface area contributed by atoms with E-state index in [1.807, 2.05) is 0 Å². The number of esters is 1. The number of nitro groups is 1. The summed E-state index contributed by atoms with van der Waals surface area (Å²) in [5.41, 5.74) is -2.93. The molecule has 1 atom stereocenters. The first kappa shape index (κ1) is 49.2. The van der Waals surface area contributed by atoms with Gasteiger partial charge in [0, 0.05) is 24.7 Å². The molecule has 0 heterocycles. The van der Waals surface area contributed by atoms with Crippen molar-refractivity contribution in [2.24, 2.45) is 5.41 Å². The summed E-state index contributed by atoms with van der Waals surface area (Å²) in [5.74, 6) is -43.6. The van der Waals surface area contributed by atoms with Crippen LogP contribution in [0.25, 0.3) is 0 Å². The van der Waals surface area contributed by atoms with Crippen molar-refractivity contribution in [3.05, 3.63) is 40.5 Å². The van der Waals surface area contributed by atoms with Crippen LogP contribution in [0.3, 0.4) is 0 Å². The molecule has 0 bridgehead atoms. The average Bonchev–Trinajstić information content (AvgIpc) is 3.01. The van der Waals surface area contributed by atoms with Crippen LogP contribution in [-0.2, 0) is 9.53 Å². The second kappa shape index (κ2) is 16.7. The highest BCUT2D eigenvalue weighted by Crippen LogP contribution is 2.56. The Bertz CT molecular complexity index is 1500. The van der Waals surface area contributed by atoms with Gasteiger partial charge in [-0.15, -0.1) is 6.58 Å². The number of ether oxygens (including phenoxy) is 3. The van der Waals surface area contributed by atoms with Gasteiger partial charge in [-0.25, -0.2) is 0 Å². The molecule has 0 saturated carbocycles. The summed E-state index contributed by atoms with van der Waals surface area (Å²) < 4.78 is 254. The monoisotopic (exact) mass is 843 g/mol. The molecule has 0 amide bonds. The Kier molecular flexibility index (Phi) is 15.0. The molecule has 25 heteroatoms. The summed E-state index contributed by atoms with van der Waals surface area (Å²) in [7, 11) is 0. The normalized spacial score (nSPS) is 14.7. The van der Waals surface area contributed by atoms with Crippen LogP contribution in [0, 0.1) is 15.5 Å². The van der Waals surface area contributed by atoms with Gasteiger partial charge >= 0.3 is 53.9 Å². The first-order valence-electron chi connectivity index (χ1n) is 15.2. The van der Waals surface area contributed by atoms with E-state index in [0.29, 0.717) is 12.1 Å².